The van der Waals surface area contributed by atoms with E-state index in [1.54, 1.807) is 31.2 Å². The number of nitrogens with one attached hydrogen (secondary N) is 2. The predicted molar refractivity (Wildman–Crippen MR) is 98.1 cm³/mol. The van der Waals surface area contributed by atoms with Gasteiger partial charge in [0.2, 0.25) is 10.0 Å². The quantitative estimate of drug-likeness (QED) is 0.753. The van der Waals surface area contributed by atoms with Crippen molar-refractivity contribution in [3.8, 4) is 0 Å². The maximum absolute atomic E-state index is 12.4. The fourth-order valence-electron chi connectivity index (χ4n) is 2.13. The van der Waals surface area contributed by atoms with Gasteiger partial charge < -0.3 is 0 Å². The van der Waals surface area contributed by atoms with Gasteiger partial charge in [-0.15, -0.1) is 0 Å². The van der Waals surface area contributed by atoms with Gasteiger partial charge in [-0.25, -0.2) is 8.42 Å². The number of carbonyl (C=O) groups excluding carboxylic acids is 2. The van der Waals surface area contributed by atoms with Crippen LogP contribution < -0.4 is 10.9 Å². The van der Waals surface area contributed by atoms with Crippen LogP contribution in [0.15, 0.2) is 53.4 Å². The molecule has 0 atom stereocenters. The number of amides is 2. The summed E-state index contributed by atoms with van der Waals surface area (Å²) >= 11 is 5.75. The van der Waals surface area contributed by atoms with E-state index in [2.05, 4.69) is 10.9 Å². The summed E-state index contributed by atoms with van der Waals surface area (Å²) in [7, 11) is -2.58. The van der Waals surface area contributed by atoms with E-state index in [1.165, 1.54) is 31.3 Å². The van der Waals surface area contributed by atoms with Crippen molar-refractivity contribution < 1.29 is 18.0 Å². The normalized spacial score (nSPS) is 11.2. The first kappa shape index (κ1) is 19.9. The smallest absolute Gasteiger partial charge is 0.269 e. The number of aryl methyl sites for hydroxylation is 1. The third kappa shape index (κ3) is 4.81. The van der Waals surface area contributed by atoms with Crippen molar-refractivity contribution in [2.45, 2.75) is 11.8 Å². The lowest BCUT2D eigenvalue weighted by atomic mass is 10.1. The zero-order valence-electron chi connectivity index (χ0n) is 14.2. The van der Waals surface area contributed by atoms with Gasteiger partial charge in [-0.1, -0.05) is 29.8 Å². The van der Waals surface area contributed by atoms with Crippen LogP contribution in [-0.2, 0) is 14.8 Å². The largest absolute Gasteiger partial charge is 0.272 e. The average molecular weight is 396 g/mol. The standard InChI is InChI=1S/C17H18ClN3O4S/c1-12-5-3-4-6-15(12)17(23)20-19-16(22)11-21(2)26(24,25)14-9-7-13(18)8-10-14/h3-10H,11H2,1-2H3,(H,19,22)(H,20,23). The maximum Gasteiger partial charge on any atom is 0.269 e. The zero-order valence-corrected chi connectivity index (χ0v) is 15.8. The molecular weight excluding hydrogens is 378 g/mol. The Balaban J connectivity index is 1.95. The summed E-state index contributed by atoms with van der Waals surface area (Å²) in [5.41, 5.74) is 5.64. The molecular formula is C17H18ClN3O4S. The molecule has 0 saturated heterocycles. The molecule has 0 bridgehead atoms. The maximum atomic E-state index is 12.4. The number of benzene rings is 2. The molecule has 0 aliphatic rings. The van der Waals surface area contributed by atoms with Gasteiger partial charge in [-0.2, -0.15) is 4.31 Å². The number of hydrazine groups is 1. The molecule has 7 nitrogen and oxygen atoms in total. The Labute approximate surface area is 157 Å². The van der Waals surface area contributed by atoms with E-state index in [-0.39, 0.29) is 4.90 Å². The summed E-state index contributed by atoms with van der Waals surface area (Å²) in [6.45, 7) is 1.31. The molecule has 0 radical (unpaired) electrons. The molecule has 2 amide bonds. The van der Waals surface area contributed by atoms with Crippen LogP contribution in [0.3, 0.4) is 0 Å². The van der Waals surface area contributed by atoms with Gasteiger partial charge in [0.25, 0.3) is 11.8 Å². The second-order valence-corrected chi connectivity index (χ2v) is 8.01. The highest BCUT2D eigenvalue weighted by Gasteiger charge is 2.23. The topological polar surface area (TPSA) is 95.6 Å². The van der Waals surface area contributed by atoms with E-state index >= 15 is 0 Å². The average Bonchev–Trinajstić information content (AvgIpc) is 2.60. The van der Waals surface area contributed by atoms with E-state index in [4.69, 9.17) is 11.6 Å². The fourth-order valence-corrected chi connectivity index (χ4v) is 3.39. The lowest BCUT2D eigenvalue weighted by Crippen LogP contribution is -2.46. The van der Waals surface area contributed by atoms with Gasteiger partial charge in [0.15, 0.2) is 0 Å². The van der Waals surface area contributed by atoms with Gasteiger partial charge in [0.1, 0.15) is 0 Å². The molecule has 138 valence electrons. The van der Waals surface area contributed by atoms with E-state index in [0.29, 0.717) is 10.6 Å². The molecule has 0 spiro atoms. The Hall–Kier alpha value is -2.42. The molecule has 0 heterocycles. The van der Waals surface area contributed by atoms with Crippen LogP contribution in [-0.4, -0.2) is 38.1 Å². The Kier molecular flexibility index (Phi) is 6.36. The van der Waals surface area contributed by atoms with E-state index < -0.39 is 28.4 Å². The van der Waals surface area contributed by atoms with Crippen molar-refractivity contribution in [2.24, 2.45) is 0 Å². The molecule has 2 aromatic rings. The Morgan fingerprint density at radius 2 is 1.65 bits per heavy atom. The third-order valence-electron chi connectivity index (χ3n) is 3.59. The predicted octanol–water partition coefficient (Wildman–Crippen LogP) is 1.73. The number of sulfonamides is 1. The number of rotatable bonds is 5. The minimum Gasteiger partial charge on any atom is -0.272 e. The van der Waals surface area contributed by atoms with Crippen molar-refractivity contribution >= 4 is 33.4 Å². The van der Waals surface area contributed by atoms with Gasteiger partial charge in [-0.3, -0.25) is 20.4 Å². The van der Waals surface area contributed by atoms with Crippen molar-refractivity contribution in [3.05, 3.63) is 64.7 Å². The minimum absolute atomic E-state index is 0.0149. The Morgan fingerprint density at radius 1 is 1.04 bits per heavy atom. The van der Waals surface area contributed by atoms with Crippen LogP contribution in [0.25, 0.3) is 0 Å². The third-order valence-corrected chi connectivity index (χ3v) is 5.66. The second kappa shape index (κ2) is 8.31. The molecule has 2 N–H and O–H groups in total. The molecule has 0 fully saturated rings. The molecule has 2 aromatic carbocycles. The number of hydrogen-bond donors (Lipinski definition) is 2. The lowest BCUT2D eigenvalue weighted by molar-refractivity contribution is -0.121. The number of likely N-dealkylation sites (N-methyl/N-ethyl adjacent to an activating group) is 1. The molecule has 9 heteroatoms. The van der Waals surface area contributed by atoms with Crippen LogP contribution in [0.5, 0.6) is 0 Å². The first-order chi connectivity index (χ1) is 12.2. The van der Waals surface area contributed by atoms with Crippen molar-refractivity contribution in [3.63, 3.8) is 0 Å². The highest BCUT2D eigenvalue weighted by atomic mass is 35.5. The summed E-state index contributed by atoms with van der Waals surface area (Å²) in [5.74, 6) is -1.16. The summed E-state index contributed by atoms with van der Waals surface area (Å²) in [6, 6.07) is 12.5. The van der Waals surface area contributed by atoms with Crippen LogP contribution >= 0.6 is 11.6 Å². The number of hydrogen-bond acceptors (Lipinski definition) is 4. The monoisotopic (exact) mass is 395 g/mol. The number of nitrogens with zero attached hydrogens (tertiary/aromatic N) is 1. The van der Waals surface area contributed by atoms with E-state index in [9.17, 15) is 18.0 Å². The molecule has 0 aromatic heterocycles. The first-order valence-corrected chi connectivity index (χ1v) is 9.40. The first-order valence-electron chi connectivity index (χ1n) is 7.58. The summed E-state index contributed by atoms with van der Waals surface area (Å²) in [6.07, 6.45) is 0. The molecule has 0 saturated carbocycles. The summed E-state index contributed by atoms with van der Waals surface area (Å²) in [4.78, 5) is 24.0. The lowest BCUT2D eigenvalue weighted by Gasteiger charge is -2.17. The summed E-state index contributed by atoms with van der Waals surface area (Å²) < 4.78 is 25.7. The summed E-state index contributed by atoms with van der Waals surface area (Å²) in [5, 5.41) is 0.406. The Bertz CT molecular complexity index is 914. The molecule has 2 rings (SSSR count). The fraction of sp³-hybridized carbons (Fsp3) is 0.176. The molecule has 26 heavy (non-hydrogen) atoms. The van der Waals surface area contributed by atoms with Gasteiger partial charge in [-0.05, 0) is 42.8 Å². The van der Waals surface area contributed by atoms with Crippen molar-refractivity contribution in [1.29, 1.82) is 0 Å². The minimum atomic E-state index is -3.85. The van der Waals surface area contributed by atoms with Crippen LogP contribution in [0, 0.1) is 6.92 Å². The van der Waals surface area contributed by atoms with Crippen LogP contribution in [0.2, 0.25) is 5.02 Å². The second-order valence-electron chi connectivity index (χ2n) is 5.53. The molecule has 0 unspecified atom stereocenters. The molecule has 0 aliphatic carbocycles. The van der Waals surface area contributed by atoms with E-state index in [0.717, 1.165) is 9.87 Å². The van der Waals surface area contributed by atoms with Crippen LogP contribution in [0.4, 0.5) is 0 Å². The highest BCUT2D eigenvalue weighted by Crippen LogP contribution is 2.17. The van der Waals surface area contributed by atoms with E-state index in [1.807, 2.05) is 0 Å². The number of carbonyl (C=O) groups is 2. The van der Waals surface area contributed by atoms with Gasteiger partial charge >= 0.3 is 0 Å². The highest BCUT2D eigenvalue weighted by molar-refractivity contribution is 7.89. The molecule has 0 aliphatic heterocycles. The number of halogens is 1. The zero-order chi connectivity index (χ0) is 19.3. The van der Waals surface area contributed by atoms with Gasteiger partial charge in [0, 0.05) is 17.6 Å². The van der Waals surface area contributed by atoms with Gasteiger partial charge in [0.05, 0.1) is 11.4 Å². The Morgan fingerprint density at radius 3 is 2.27 bits per heavy atom. The van der Waals surface area contributed by atoms with Crippen LogP contribution in [0.1, 0.15) is 15.9 Å². The van der Waals surface area contributed by atoms with Crippen molar-refractivity contribution in [2.75, 3.05) is 13.6 Å². The SMILES string of the molecule is Cc1ccccc1C(=O)NNC(=O)CN(C)S(=O)(=O)c1ccc(Cl)cc1. The van der Waals surface area contributed by atoms with Crippen molar-refractivity contribution in [1.82, 2.24) is 15.2 Å².